The minimum atomic E-state index is -1.45. The average molecular weight is 528 g/mol. The molecule has 0 saturated carbocycles. The van der Waals surface area contributed by atoms with Crippen LogP contribution in [0.25, 0.3) is 0 Å². The molecule has 11 nitrogen and oxygen atoms in total. The van der Waals surface area contributed by atoms with Gasteiger partial charge in [-0.1, -0.05) is 24.1 Å². The molecule has 1 aromatic carbocycles. The zero-order chi connectivity index (χ0) is 25.8. The van der Waals surface area contributed by atoms with E-state index < -0.39 is 34.9 Å². The van der Waals surface area contributed by atoms with Crippen molar-refractivity contribution in [3.05, 3.63) is 62.8 Å². The van der Waals surface area contributed by atoms with Gasteiger partial charge in [0.1, 0.15) is 10.8 Å². The van der Waals surface area contributed by atoms with Crippen LogP contribution in [0.4, 0.5) is 11.5 Å². The number of nitro benzene ring substituents is 1. The standard InChI is InChI=1S/C23H28ClN5O6.Na/c1-15-8-10-26-20(11-15)25-9-4-2-3-5-21(30)27-14-22(31)28-18(13-23(32)33)16-6-7-17(24)19(12-16)29(34)35;/h6-8,10-12,18H,2-5,9,13-14H2,1H3,(H,25,26)(H,27,30)(H,28,31)(H,32,33);/q;+1/p-1. The van der Waals surface area contributed by atoms with Crippen LogP contribution >= 0.6 is 11.6 Å². The molecule has 0 bridgehead atoms. The van der Waals surface area contributed by atoms with Gasteiger partial charge in [0.05, 0.1) is 17.5 Å². The van der Waals surface area contributed by atoms with Gasteiger partial charge >= 0.3 is 29.6 Å². The predicted molar refractivity (Wildman–Crippen MR) is 128 cm³/mol. The van der Waals surface area contributed by atoms with E-state index >= 15 is 0 Å². The van der Waals surface area contributed by atoms with Gasteiger partial charge in [-0.2, -0.15) is 0 Å². The second kappa shape index (κ2) is 16.1. The fourth-order valence-electron chi connectivity index (χ4n) is 3.25. The molecule has 188 valence electrons. The van der Waals surface area contributed by atoms with Gasteiger partial charge in [-0.05, 0) is 49.1 Å². The van der Waals surface area contributed by atoms with E-state index in [1.165, 1.54) is 12.1 Å². The Hall–Kier alpha value is -2.73. The Morgan fingerprint density at radius 2 is 1.86 bits per heavy atom. The molecule has 0 radical (unpaired) electrons. The average Bonchev–Trinajstić information content (AvgIpc) is 2.79. The quantitative estimate of drug-likeness (QED) is 0.122. The van der Waals surface area contributed by atoms with Crippen molar-refractivity contribution < 1.29 is 54.0 Å². The number of halogens is 1. The SMILES string of the molecule is Cc1ccnc(NCCCCCC(=O)NCC(=O)NC(CC(=O)[O-])c2ccc(Cl)c([N+](=O)[O-])c2)c1.[Na+]. The van der Waals surface area contributed by atoms with Gasteiger partial charge in [-0.3, -0.25) is 19.7 Å². The Labute approximate surface area is 235 Å². The van der Waals surface area contributed by atoms with Gasteiger partial charge in [0.25, 0.3) is 5.69 Å². The summed E-state index contributed by atoms with van der Waals surface area (Å²) in [6, 6.07) is 6.50. The third-order valence-corrected chi connectivity index (χ3v) is 5.34. The molecule has 2 amide bonds. The molecule has 0 aliphatic rings. The number of nitrogens with zero attached hydrogens (tertiary/aromatic N) is 2. The molecule has 3 N–H and O–H groups in total. The molecule has 0 spiro atoms. The molecule has 0 saturated heterocycles. The van der Waals surface area contributed by atoms with Crippen molar-refractivity contribution in [1.29, 1.82) is 0 Å². The number of aryl methyl sites for hydroxylation is 1. The Morgan fingerprint density at radius 1 is 1.11 bits per heavy atom. The van der Waals surface area contributed by atoms with Gasteiger partial charge in [0, 0.05) is 37.6 Å². The zero-order valence-electron chi connectivity index (χ0n) is 20.2. The van der Waals surface area contributed by atoms with Crippen molar-refractivity contribution in [3.8, 4) is 0 Å². The number of carboxylic acid groups (broad SMARTS) is 1. The molecule has 1 aromatic heterocycles. The van der Waals surface area contributed by atoms with Crippen molar-refractivity contribution >= 4 is 40.9 Å². The van der Waals surface area contributed by atoms with Crippen LogP contribution in [0.2, 0.25) is 5.02 Å². The van der Waals surface area contributed by atoms with E-state index in [1.54, 1.807) is 6.20 Å². The summed E-state index contributed by atoms with van der Waals surface area (Å²) in [6.07, 6.45) is 3.66. The van der Waals surface area contributed by atoms with E-state index in [4.69, 9.17) is 11.6 Å². The van der Waals surface area contributed by atoms with Gasteiger partial charge in [-0.15, -0.1) is 0 Å². The normalized spacial score (nSPS) is 11.1. The fraction of sp³-hybridized carbons (Fsp3) is 0.391. The number of carbonyl (C=O) groups is 3. The maximum absolute atomic E-state index is 12.3. The fourth-order valence-corrected chi connectivity index (χ4v) is 3.44. The molecular formula is C23H27ClN5NaO6. The number of benzene rings is 1. The maximum atomic E-state index is 12.3. The van der Waals surface area contributed by atoms with Crippen LogP contribution < -0.4 is 50.6 Å². The second-order valence-electron chi connectivity index (χ2n) is 7.90. The number of hydrogen-bond acceptors (Lipinski definition) is 8. The van der Waals surface area contributed by atoms with E-state index in [0.29, 0.717) is 6.42 Å². The van der Waals surface area contributed by atoms with Gasteiger partial charge in [0.15, 0.2) is 0 Å². The monoisotopic (exact) mass is 527 g/mol. The number of anilines is 1. The van der Waals surface area contributed by atoms with Crippen molar-refractivity contribution in [2.45, 2.75) is 45.1 Å². The number of nitrogens with one attached hydrogen (secondary N) is 3. The first-order valence-electron chi connectivity index (χ1n) is 11.0. The van der Waals surface area contributed by atoms with Gasteiger partial charge < -0.3 is 25.9 Å². The van der Waals surface area contributed by atoms with Crippen LogP contribution in [0.15, 0.2) is 36.5 Å². The first-order chi connectivity index (χ1) is 16.7. The summed E-state index contributed by atoms with van der Waals surface area (Å²) in [5.41, 5.74) is 0.878. The summed E-state index contributed by atoms with van der Waals surface area (Å²) in [5, 5.41) is 30.2. The molecule has 2 aromatic rings. The molecule has 2 rings (SSSR count). The number of pyridine rings is 1. The van der Waals surface area contributed by atoms with Crippen LogP contribution in [0.1, 0.15) is 49.3 Å². The van der Waals surface area contributed by atoms with Gasteiger partial charge in [0.2, 0.25) is 11.8 Å². The summed E-state index contributed by atoms with van der Waals surface area (Å²) in [6.45, 7) is 2.35. The zero-order valence-corrected chi connectivity index (χ0v) is 23.0. The third kappa shape index (κ3) is 11.3. The molecule has 0 aliphatic heterocycles. The summed E-state index contributed by atoms with van der Waals surface area (Å²) >= 11 is 5.78. The van der Waals surface area contributed by atoms with Crippen LogP contribution in [-0.2, 0) is 14.4 Å². The molecule has 1 heterocycles. The van der Waals surface area contributed by atoms with Crippen LogP contribution in [0.5, 0.6) is 0 Å². The predicted octanol–water partition coefficient (Wildman–Crippen LogP) is -0.958. The molecule has 36 heavy (non-hydrogen) atoms. The largest absolute Gasteiger partial charge is 1.00 e. The van der Waals surface area contributed by atoms with E-state index in [-0.39, 0.29) is 59.0 Å². The smallest absolute Gasteiger partial charge is 0.550 e. The molecule has 1 unspecified atom stereocenters. The first-order valence-corrected chi connectivity index (χ1v) is 11.4. The molecule has 1 atom stereocenters. The van der Waals surface area contributed by atoms with Crippen molar-refractivity contribution in [2.75, 3.05) is 18.4 Å². The number of carbonyl (C=O) groups excluding carboxylic acids is 3. The molecular weight excluding hydrogens is 501 g/mol. The van der Waals surface area contributed by atoms with Crippen LogP contribution in [-0.4, -0.2) is 40.8 Å². The number of amides is 2. The van der Waals surface area contributed by atoms with Crippen molar-refractivity contribution in [1.82, 2.24) is 15.6 Å². The van der Waals surface area contributed by atoms with E-state index in [1.807, 2.05) is 19.1 Å². The van der Waals surface area contributed by atoms with Crippen molar-refractivity contribution in [3.63, 3.8) is 0 Å². The number of hydrogen-bond donors (Lipinski definition) is 3. The topological polar surface area (TPSA) is 166 Å². The number of rotatable bonds is 14. The Bertz CT molecular complexity index is 1070. The molecule has 13 heteroatoms. The summed E-state index contributed by atoms with van der Waals surface area (Å²) < 4.78 is 0. The Morgan fingerprint density at radius 3 is 2.53 bits per heavy atom. The minimum Gasteiger partial charge on any atom is -0.550 e. The first kappa shape index (κ1) is 31.3. The number of carboxylic acids is 1. The summed E-state index contributed by atoms with van der Waals surface area (Å²) in [5.74, 6) is -1.60. The Kier molecular flexibility index (Phi) is 14.0. The Balaban J connectivity index is 0.00000648. The number of aliphatic carboxylic acids is 1. The summed E-state index contributed by atoms with van der Waals surface area (Å²) in [4.78, 5) is 50.0. The number of unbranched alkanes of at least 4 members (excludes halogenated alkanes) is 2. The van der Waals surface area contributed by atoms with Crippen LogP contribution in [0, 0.1) is 17.0 Å². The van der Waals surface area contributed by atoms with E-state index in [0.717, 1.165) is 36.8 Å². The third-order valence-electron chi connectivity index (χ3n) is 5.02. The number of aromatic nitrogens is 1. The maximum Gasteiger partial charge on any atom is 1.00 e. The minimum absolute atomic E-state index is 0. The second-order valence-corrected chi connectivity index (χ2v) is 8.30. The van der Waals surface area contributed by atoms with Crippen molar-refractivity contribution in [2.24, 2.45) is 0 Å². The molecule has 0 aliphatic carbocycles. The summed E-state index contributed by atoms with van der Waals surface area (Å²) in [7, 11) is 0. The van der Waals surface area contributed by atoms with Crippen LogP contribution in [0.3, 0.4) is 0 Å². The molecule has 0 fully saturated rings. The number of nitro groups is 1. The van der Waals surface area contributed by atoms with Gasteiger partial charge in [-0.25, -0.2) is 4.98 Å². The van der Waals surface area contributed by atoms with E-state index in [2.05, 4.69) is 20.9 Å². The van der Waals surface area contributed by atoms with E-state index in [9.17, 15) is 29.6 Å².